The molecule has 1 aliphatic rings. The third-order valence-corrected chi connectivity index (χ3v) is 4.61. The summed E-state index contributed by atoms with van der Waals surface area (Å²) in [6.45, 7) is 3.53. The first-order valence-electron chi connectivity index (χ1n) is 7.03. The van der Waals surface area contributed by atoms with Gasteiger partial charge in [0.1, 0.15) is 5.01 Å². The van der Waals surface area contributed by atoms with Crippen molar-refractivity contribution in [2.24, 2.45) is 0 Å². The van der Waals surface area contributed by atoms with E-state index in [4.69, 9.17) is 0 Å². The quantitative estimate of drug-likeness (QED) is 0.862. The average molecular weight is 302 g/mol. The normalized spacial score (nSPS) is 16.1. The van der Waals surface area contributed by atoms with Gasteiger partial charge in [0.05, 0.1) is 12.1 Å². The number of carbonyl (C=O) groups excluding carboxylic acids is 1. The SMILES string of the molecule is CN1CCN(C(=O)Cc2csc(-c3ccncc3)n2)CC1. The van der Waals surface area contributed by atoms with Gasteiger partial charge >= 0.3 is 0 Å². The van der Waals surface area contributed by atoms with Crippen LogP contribution in [0.3, 0.4) is 0 Å². The summed E-state index contributed by atoms with van der Waals surface area (Å²) >= 11 is 1.57. The van der Waals surface area contributed by atoms with Gasteiger partial charge in [-0.3, -0.25) is 9.78 Å². The lowest BCUT2D eigenvalue weighted by molar-refractivity contribution is -0.132. The van der Waals surface area contributed by atoms with Gasteiger partial charge in [-0.25, -0.2) is 4.98 Å². The van der Waals surface area contributed by atoms with Crippen molar-refractivity contribution in [3.05, 3.63) is 35.6 Å². The number of nitrogens with zero attached hydrogens (tertiary/aromatic N) is 4. The van der Waals surface area contributed by atoms with Crippen LogP contribution in [0, 0.1) is 0 Å². The molecule has 0 spiro atoms. The molecule has 0 aliphatic carbocycles. The average Bonchev–Trinajstić information content (AvgIpc) is 2.97. The molecule has 6 heteroatoms. The van der Waals surface area contributed by atoms with Crippen LogP contribution in [0.5, 0.6) is 0 Å². The molecule has 1 saturated heterocycles. The highest BCUT2D eigenvalue weighted by molar-refractivity contribution is 7.13. The summed E-state index contributed by atoms with van der Waals surface area (Å²) in [5.74, 6) is 0.176. The lowest BCUT2D eigenvalue weighted by atomic mass is 10.2. The topological polar surface area (TPSA) is 49.3 Å². The van der Waals surface area contributed by atoms with E-state index in [0.717, 1.165) is 42.4 Å². The zero-order valence-electron chi connectivity index (χ0n) is 12.0. The van der Waals surface area contributed by atoms with Crippen molar-refractivity contribution in [3.8, 4) is 10.6 Å². The summed E-state index contributed by atoms with van der Waals surface area (Å²) in [6.07, 6.45) is 3.91. The van der Waals surface area contributed by atoms with E-state index < -0.39 is 0 Å². The summed E-state index contributed by atoms with van der Waals surface area (Å²) in [6, 6.07) is 3.87. The second-order valence-corrected chi connectivity index (χ2v) is 6.10. The van der Waals surface area contributed by atoms with Gasteiger partial charge in [0.2, 0.25) is 5.91 Å². The molecule has 1 amide bonds. The molecule has 0 unspecified atom stereocenters. The van der Waals surface area contributed by atoms with Crippen LogP contribution >= 0.6 is 11.3 Å². The van der Waals surface area contributed by atoms with Gasteiger partial charge in [0.25, 0.3) is 0 Å². The van der Waals surface area contributed by atoms with Crippen molar-refractivity contribution in [2.45, 2.75) is 6.42 Å². The lowest BCUT2D eigenvalue weighted by Gasteiger charge is -2.32. The molecule has 2 aromatic rings. The predicted octanol–water partition coefficient (Wildman–Crippen LogP) is 1.52. The zero-order chi connectivity index (χ0) is 14.7. The number of hydrogen-bond acceptors (Lipinski definition) is 5. The summed E-state index contributed by atoms with van der Waals surface area (Å²) in [5.41, 5.74) is 1.91. The third kappa shape index (κ3) is 3.46. The van der Waals surface area contributed by atoms with Crippen molar-refractivity contribution in [1.82, 2.24) is 19.8 Å². The fourth-order valence-corrected chi connectivity index (χ4v) is 3.16. The second-order valence-electron chi connectivity index (χ2n) is 5.24. The Labute approximate surface area is 128 Å². The molecular formula is C15H18N4OS. The summed E-state index contributed by atoms with van der Waals surface area (Å²) in [5, 5.41) is 2.92. The Kier molecular flexibility index (Phi) is 4.26. The van der Waals surface area contributed by atoms with E-state index in [1.54, 1.807) is 23.7 Å². The van der Waals surface area contributed by atoms with Crippen molar-refractivity contribution in [2.75, 3.05) is 33.2 Å². The standard InChI is InChI=1S/C15H18N4OS/c1-18-6-8-19(9-7-18)14(20)10-13-11-21-15(17-13)12-2-4-16-5-3-12/h2-5,11H,6-10H2,1H3. The monoisotopic (exact) mass is 302 g/mol. The first-order chi connectivity index (χ1) is 10.2. The van der Waals surface area contributed by atoms with Gasteiger partial charge in [-0.05, 0) is 19.2 Å². The smallest absolute Gasteiger partial charge is 0.228 e. The minimum Gasteiger partial charge on any atom is -0.340 e. The fourth-order valence-electron chi connectivity index (χ4n) is 2.34. The molecule has 3 heterocycles. The van der Waals surface area contributed by atoms with Gasteiger partial charge in [0.15, 0.2) is 0 Å². The molecular weight excluding hydrogens is 284 g/mol. The molecule has 0 atom stereocenters. The van der Waals surface area contributed by atoms with Gasteiger partial charge in [-0.15, -0.1) is 11.3 Å². The molecule has 0 saturated carbocycles. The van der Waals surface area contributed by atoms with Crippen LogP contribution in [0.1, 0.15) is 5.69 Å². The molecule has 1 aliphatic heterocycles. The molecule has 3 rings (SSSR count). The Morgan fingerprint density at radius 3 is 2.67 bits per heavy atom. The molecule has 21 heavy (non-hydrogen) atoms. The Morgan fingerprint density at radius 1 is 1.24 bits per heavy atom. The highest BCUT2D eigenvalue weighted by atomic mass is 32.1. The van der Waals surface area contributed by atoms with Crippen molar-refractivity contribution < 1.29 is 4.79 Å². The molecule has 0 radical (unpaired) electrons. The summed E-state index contributed by atoms with van der Waals surface area (Å²) in [7, 11) is 2.09. The van der Waals surface area contributed by atoms with E-state index in [1.807, 2.05) is 22.4 Å². The molecule has 2 aromatic heterocycles. The molecule has 5 nitrogen and oxygen atoms in total. The van der Waals surface area contributed by atoms with Gasteiger partial charge in [-0.1, -0.05) is 0 Å². The molecule has 0 bridgehead atoms. The van der Waals surface area contributed by atoms with Crippen LogP contribution in [0.2, 0.25) is 0 Å². The molecule has 0 N–H and O–H groups in total. The number of thiazole rings is 1. The highest BCUT2D eigenvalue weighted by Crippen LogP contribution is 2.23. The van der Waals surface area contributed by atoms with E-state index in [0.29, 0.717) is 6.42 Å². The van der Waals surface area contributed by atoms with Crippen molar-refractivity contribution in [1.29, 1.82) is 0 Å². The van der Waals surface area contributed by atoms with Crippen LogP contribution in [0.4, 0.5) is 0 Å². The van der Waals surface area contributed by atoms with Gasteiger partial charge in [-0.2, -0.15) is 0 Å². The number of aromatic nitrogens is 2. The van der Waals surface area contributed by atoms with Crippen LogP contribution in [-0.2, 0) is 11.2 Å². The Hall–Kier alpha value is -1.79. The second kappa shape index (κ2) is 6.32. The predicted molar refractivity (Wildman–Crippen MR) is 83.1 cm³/mol. The molecule has 0 aromatic carbocycles. The van der Waals surface area contributed by atoms with E-state index in [2.05, 4.69) is 21.9 Å². The number of hydrogen-bond donors (Lipinski definition) is 0. The summed E-state index contributed by atoms with van der Waals surface area (Å²) in [4.78, 5) is 25.0. The number of rotatable bonds is 3. The molecule has 110 valence electrons. The highest BCUT2D eigenvalue weighted by Gasteiger charge is 2.20. The molecule has 1 fully saturated rings. The van der Waals surface area contributed by atoms with Crippen molar-refractivity contribution >= 4 is 17.2 Å². The van der Waals surface area contributed by atoms with Crippen LogP contribution in [-0.4, -0.2) is 58.9 Å². The first-order valence-corrected chi connectivity index (χ1v) is 7.91. The maximum atomic E-state index is 12.3. The Balaban J connectivity index is 1.63. The minimum atomic E-state index is 0.176. The first kappa shape index (κ1) is 14.2. The van der Waals surface area contributed by atoms with E-state index in [1.165, 1.54) is 0 Å². The van der Waals surface area contributed by atoms with Crippen molar-refractivity contribution in [3.63, 3.8) is 0 Å². The fraction of sp³-hybridized carbons (Fsp3) is 0.400. The number of likely N-dealkylation sites (N-methyl/N-ethyl adjacent to an activating group) is 1. The number of carbonyl (C=O) groups is 1. The maximum absolute atomic E-state index is 12.3. The Morgan fingerprint density at radius 2 is 1.95 bits per heavy atom. The van der Waals surface area contributed by atoms with Crippen LogP contribution in [0.25, 0.3) is 10.6 Å². The van der Waals surface area contributed by atoms with Crippen LogP contribution in [0.15, 0.2) is 29.9 Å². The third-order valence-electron chi connectivity index (χ3n) is 3.67. The van der Waals surface area contributed by atoms with E-state index in [-0.39, 0.29) is 5.91 Å². The largest absolute Gasteiger partial charge is 0.340 e. The number of piperazine rings is 1. The number of pyridine rings is 1. The summed E-state index contributed by atoms with van der Waals surface area (Å²) < 4.78 is 0. The van der Waals surface area contributed by atoms with Gasteiger partial charge in [0, 0.05) is 49.5 Å². The number of amides is 1. The maximum Gasteiger partial charge on any atom is 0.228 e. The van der Waals surface area contributed by atoms with E-state index >= 15 is 0 Å². The van der Waals surface area contributed by atoms with Gasteiger partial charge < -0.3 is 9.80 Å². The van der Waals surface area contributed by atoms with Crippen LogP contribution < -0.4 is 0 Å². The van der Waals surface area contributed by atoms with E-state index in [9.17, 15) is 4.79 Å². The minimum absolute atomic E-state index is 0.176. The zero-order valence-corrected chi connectivity index (χ0v) is 12.8. The Bertz CT molecular complexity index is 605. The lowest BCUT2D eigenvalue weighted by Crippen LogP contribution is -2.47.